The van der Waals surface area contributed by atoms with Gasteiger partial charge in [-0.05, 0) is 106 Å². The van der Waals surface area contributed by atoms with E-state index in [1.54, 1.807) is 12.1 Å². The number of benzene rings is 5. The maximum absolute atomic E-state index is 12.6. The second-order valence-electron chi connectivity index (χ2n) is 14.3. The van der Waals surface area contributed by atoms with Crippen molar-refractivity contribution in [3.8, 4) is 28.0 Å². The van der Waals surface area contributed by atoms with E-state index in [2.05, 4.69) is 90.2 Å². The molecular formula is C42H47NO4S. The maximum atomic E-state index is 12.6. The van der Waals surface area contributed by atoms with Gasteiger partial charge in [0.25, 0.3) is 5.91 Å². The molecule has 5 rings (SSSR count). The highest BCUT2D eigenvalue weighted by atomic mass is 32.2. The first-order valence-corrected chi connectivity index (χ1v) is 17.9. The fraction of sp³-hybridized carbons (Fsp3) is 0.262. The zero-order chi connectivity index (χ0) is 35.3. The van der Waals surface area contributed by atoms with Crippen molar-refractivity contribution >= 4 is 21.7 Å². The molecule has 0 radical (unpaired) electrons. The van der Waals surface area contributed by atoms with Crippen LogP contribution in [-0.4, -0.2) is 20.6 Å². The fourth-order valence-electron chi connectivity index (χ4n) is 5.29. The number of hydrogen-bond acceptors (Lipinski definition) is 4. The van der Waals surface area contributed by atoms with Crippen LogP contribution in [0.3, 0.4) is 0 Å². The van der Waals surface area contributed by atoms with E-state index in [-0.39, 0.29) is 16.7 Å². The first-order chi connectivity index (χ1) is 22.4. The zero-order valence-electron chi connectivity index (χ0n) is 29.5. The number of aryl methyl sites for hydroxylation is 2. The van der Waals surface area contributed by atoms with Gasteiger partial charge in [0.05, 0.1) is 6.26 Å². The first-order valence-electron chi connectivity index (χ1n) is 16.1. The lowest BCUT2D eigenvalue weighted by atomic mass is 9.84. The lowest BCUT2D eigenvalue weighted by Crippen LogP contribution is -2.15. The second kappa shape index (κ2) is 14.6. The molecule has 5 aromatic rings. The van der Waals surface area contributed by atoms with Crippen LogP contribution in [0.25, 0.3) is 22.3 Å². The summed E-state index contributed by atoms with van der Waals surface area (Å²) in [4.78, 5) is 12.6. The van der Waals surface area contributed by atoms with E-state index in [1.807, 2.05) is 73.7 Å². The first kappa shape index (κ1) is 36.2. The quantitative estimate of drug-likeness (QED) is 0.184. The fourth-order valence-corrected chi connectivity index (χ4v) is 5.73. The molecule has 0 fully saturated rings. The van der Waals surface area contributed by atoms with Crippen molar-refractivity contribution < 1.29 is 17.4 Å². The van der Waals surface area contributed by atoms with Gasteiger partial charge >= 0.3 is 10.1 Å². The predicted molar refractivity (Wildman–Crippen MR) is 200 cm³/mol. The number of carbonyl (C=O) groups excluding carboxylic acids is 1. The van der Waals surface area contributed by atoms with Gasteiger partial charge in [0.1, 0.15) is 5.75 Å². The maximum Gasteiger partial charge on any atom is 0.306 e. The van der Waals surface area contributed by atoms with Crippen LogP contribution in [0.4, 0.5) is 5.69 Å². The van der Waals surface area contributed by atoms with Crippen LogP contribution in [0.1, 0.15) is 74.2 Å². The van der Waals surface area contributed by atoms with E-state index in [4.69, 9.17) is 4.18 Å². The molecule has 0 atom stereocenters. The normalized spacial score (nSPS) is 11.7. The molecule has 0 aliphatic rings. The van der Waals surface area contributed by atoms with Gasteiger partial charge < -0.3 is 9.50 Å². The van der Waals surface area contributed by atoms with Crippen molar-refractivity contribution in [2.24, 2.45) is 0 Å². The van der Waals surface area contributed by atoms with Crippen molar-refractivity contribution in [2.45, 2.75) is 66.2 Å². The van der Waals surface area contributed by atoms with Crippen molar-refractivity contribution in [3.63, 3.8) is 0 Å². The van der Waals surface area contributed by atoms with E-state index < -0.39 is 10.1 Å². The minimum Gasteiger partial charge on any atom is -0.383 e. The third-order valence-corrected chi connectivity index (χ3v) is 8.52. The number of amides is 1. The Bertz CT molecular complexity index is 2000. The summed E-state index contributed by atoms with van der Waals surface area (Å²) in [6.07, 6.45) is 1.06. The van der Waals surface area contributed by atoms with Gasteiger partial charge in [0, 0.05) is 11.3 Å². The van der Waals surface area contributed by atoms with Gasteiger partial charge in [0.2, 0.25) is 0 Å². The molecule has 0 aromatic heterocycles. The van der Waals surface area contributed by atoms with Crippen molar-refractivity contribution in [3.05, 3.63) is 143 Å². The van der Waals surface area contributed by atoms with E-state index in [0.29, 0.717) is 11.3 Å². The highest BCUT2D eigenvalue weighted by molar-refractivity contribution is 7.86. The van der Waals surface area contributed by atoms with Gasteiger partial charge in [-0.25, -0.2) is 0 Å². The number of nitrogens with one attached hydrogen (secondary N) is 1. The molecule has 0 heterocycles. The highest BCUT2D eigenvalue weighted by Gasteiger charge is 2.19. The lowest BCUT2D eigenvalue weighted by molar-refractivity contribution is 0.102. The monoisotopic (exact) mass is 661 g/mol. The van der Waals surface area contributed by atoms with Gasteiger partial charge in [-0.3, -0.25) is 4.79 Å². The summed E-state index contributed by atoms with van der Waals surface area (Å²) in [5, 5.41) is 3.06. The average Bonchev–Trinajstić information content (AvgIpc) is 3.00. The van der Waals surface area contributed by atoms with Gasteiger partial charge in [-0.15, -0.1) is 0 Å². The Balaban J connectivity index is 0.000000220. The SMILES string of the molecule is Cc1ccccc1-c1cc(NC(=O)c2ccccc2)cc(C(C)(C)C)c1.Cc1ccccc1-c1cc(OS(C)(=O)=O)cc(C(C)(C)C)c1. The van der Waals surface area contributed by atoms with E-state index in [9.17, 15) is 13.2 Å². The van der Waals surface area contributed by atoms with Crippen molar-refractivity contribution in [1.29, 1.82) is 0 Å². The molecule has 0 saturated heterocycles. The third kappa shape index (κ3) is 9.91. The summed E-state index contributed by atoms with van der Waals surface area (Å²) >= 11 is 0. The molecule has 5 aromatic carbocycles. The minimum absolute atomic E-state index is 0.00901. The van der Waals surface area contributed by atoms with E-state index >= 15 is 0 Å². The summed E-state index contributed by atoms with van der Waals surface area (Å²) in [6.45, 7) is 17.0. The number of hydrogen-bond donors (Lipinski definition) is 1. The van der Waals surface area contributed by atoms with Crippen LogP contribution < -0.4 is 9.50 Å². The largest absolute Gasteiger partial charge is 0.383 e. The molecule has 0 unspecified atom stereocenters. The van der Waals surface area contributed by atoms with Crippen molar-refractivity contribution in [2.75, 3.05) is 11.6 Å². The molecule has 0 aliphatic carbocycles. The summed E-state index contributed by atoms with van der Waals surface area (Å²) in [7, 11) is -3.55. The van der Waals surface area contributed by atoms with E-state index in [0.717, 1.165) is 39.8 Å². The molecule has 6 heteroatoms. The Labute approximate surface area is 287 Å². The highest BCUT2D eigenvalue weighted by Crippen LogP contribution is 2.35. The summed E-state index contributed by atoms with van der Waals surface area (Å²) in [5.74, 6) is 0.264. The smallest absolute Gasteiger partial charge is 0.306 e. The molecule has 250 valence electrons. The number of anilines is 1. The second-order valence-corrected chi connectivity index (χ2v) is 15.9. The molecule has 0 bridgehead atoms. The zero-order valence-corrected chi connectivity index (χ0v) is 30.3. The van der Waals surface area contributed by atoms with Gasteiger partial charge in [-0.2, -0.15) is 8.42 Å². The Kier molecular flexibility index (Phi) is 11.0. The van der Waals surface area contributed by atoms with Crippen molar-refractivity contribution in [1.82, 2.24) is 0 Å². The summed E-state index contributed by atoms with van der Waals surface area (Å²) < 4.78 is 28.0. The molecule has 0 saturated carbocycles. The molecule has 0 spiro atoms. The Morgan fingerprint density at radius 1 is 0.604 bits per heavy atom. The predicted octanol–water partition coefficient (Wildman–Crippen LogP) is 10.5. The minimum atomic E-state index is -3.55. The van der Waals surface area contributed by atoms with Crippen LogP contribution in [-0.2, 0) is 20.9 Å². The Hall–Kier alpha value is -4.68. The third-order valence-electron chi connectivity index (χ3n) is 8.03. The van der Waals surface area contributed by atoms with Crippen LogP contribution in [0.5, 0.6) is 5.75 Å². The molecule has 48 heavy (non-hydrogen) atoms. The standard InChI is InChI=1S/C24H25NO.C18H22O3S/c1-17-10-8-9-13-22(17)19-14-20(24(2,3)4)16-21(15-19)25-23(26)18-11-6-5-7-12-18;1-13-8-6-7-9-17(13)14-10-15(18(2,3)4)12-16(11-14)21-22(5,19)20/h5-16H,1-4H3,(H,25,26);6-12H,1-5H3. The molecular weight excluding hydrogens is 615 g/mol. The Morgan fingerprint density at radius 3 is 1.54 bits per heavy atom. The summed E-state index contributed by atoms with van der Waals surface area (Å²) in [5.41, 5.74) is 10.3. The number of carbonyl (C=O) groups is 1. The van der Waals surface area contributed by atoms with Crippen LogP contribution in [0.2, 0.25) is 0 Å². The van der Waals surface area contributed by atoms with Crippen LogP contribution in [0, 0.1) is 13.8 Å². The lowest BCUT2D eigenvalue weighted by Gasteiger charge is -2.22. The molecule has 1 amide bonds. The van der Waals surface area contributed by atoms with E-state index in [1.165, 1.54) is 16.7 Å². The summed E-state index contributed by atoms with van der Waals surface area (Å²) in [6, 6.07) is 37.7. The number of rotatable bonds is 6. The van der Waals surface area contributed by atoms with Crippen LogP contribution >= 0.6 is 0 Å². The molecule has 1 N–H and O–H groups in total. The van der Waals surface area contributed by atoms with Crippen LogP contribution in [0.15, 0.2) is 115 Å². The average molecular weight is 662 g/mol. The van der Waals surface area contributed by atoms with Gasteiger partial charge in [-0.1, -0.05) is 120 Å². The molecule has 5 nitrogen and oxygen atoms in total. The molecule has 0 aliphatic heterocycles. The Morgan fingerprint density at radius 2 is 1.06 bits per heavy atom. The topological polar surface area (TPSA) is 72.5 Å². The van der Waals surface area contributed by atoms with Gasteiger partial charge in [0.15, 0.2) is 0 Å².